The zero-order valence-electron chi connectivity index (χ0n) is 19.4. The molecule has 7 heteroatoms. The van der Waals surface area contributed by atoms with E-state index in [1.807, 2.05) is 61.7 Å². The number of benzene rings is 3. The summed E-state index contributed by atoms with van der Waals surface area (Å²) in [4.78, 5) is 31.0. The van der Waals surface area contributed by atoms with Gasteiger partial charge in [-0.05, 0) is 49.2 Å². The predicted octanol–water partition coefficient (Wildman–Crippen LogP) is 4.91. The van der Waals surface area contributed by atoms with Gasteiger partial charge in [-0.1, -0.05) is 42.5 Å². The molecule has 176 valence electrons. The van der Waals surface area contributed by atoms with Crippen LogP contribution in [0.4, 0.5) is 10.5 Å². The van der Waals surface area contributed by atoms with Gasteiger partial charge in [0.15, 0.2) is 5.72 Å². The third-order valence-electron chi connectivity index (χ3n) is 6.90. The highest BCUT2D eigenvalue weighted by Crippen LogP contribution is 2.45. The minimum atomic E-state index is -0.855. The largest absolute Gasteiger partial charge is 0.467 e. The summed E-state index contributed by atoms with van der Waals surface area (Å²) in [7, 11) is 0. The van der Waals surface area contributed by atoms with E-state index in [0.717, 1.165) is 28.8 Å². The lowest BCUT2D eigenvalue weighted by molar-refractivity contribution is 0.0378. The summed E-state index contributed by atoms with van der Waals surface area (Å²) in [5.41, 5.74) is 3.50. The average Bonchev–Trinajstić information content (AvgIpc) is 3.27. The standard InChI is InChI=1S/C28H26N4O3/c1-28-16-24(22-10-3-5-12-25(22)35-28)31-27(34)32(28)20-8-6-7-18(15-20)26(33)29-14-13-19-17-30-23-11-4-2-9-21(19)23/h2-12,15,17,24,30H,13-14,16H2,1H3,(H,29,33)(H,31,34)/t24-,28-/m1/s1. The Balaban J connectivity index is 1.19. The number of fused-ring (bicyclic) bond motifs is 5. The maximum Gasteiger partial charge on any atom is 0.325 e. The van der Waals surface area contributed by atoms with E-state index < -0.39 is 5.72 Å². The lowest BCUT2D eigenvalue weighted by Gasteiger charge is -2.50. The number of amides is 3. The Hall–Kier alpha value is -4.26. The van der Waals surface area contributed by atoms with Crippen molar-refractivity contribution in [1.29, 1.82) is 0 Å². The van der Waals surface area contributed by atoms with E-state index in [2.05, 4.69) is 21.7 Å². The summed E-state index contributed by atoms with van der Waals surface area (Å²) in [6.07, 6.45) is 3.32. The summed E-state index contributed by atoms with van der Waals surface area (Å²) in [6.45, 7) is 2.43. The van der Waals surface area contributed by atoms with Gasteiger partial charge in [0, 0.05) is 41.2 Å². The second-order valence-electron chi connectivity index (χ2n) is 9.27. The molecule has 6 rings (SSSR count). The molecule has 0 radical (unpaired) electrons. The Kier molecular flexibility index (Phi) is 4.99. The number of carbonyl (C=O) groups is 2. The number of aromatic nitrogens is 1. The van der Waals surface area contributed by atoms with Gasteiger partial charge in [0.2, 0.25) is 0 Å². The van der Waals surface area contributed by atoms with Crippen LogP contribution in [0.3, 0.4) is 0 Å². The van der Waals surface area contributed by atoms with E-state index in [1.54, 1.807) is 23.1 Å². The van der Waals surface area contributed by atoms with Crippen LogP contribution >= 0.6 is 0 Å². The lowest BCUT2D eigenvalue weighted by Crippen LogP contribution is -2.65. The highest BCUT2D eigenvalue weighted by Gasteiger charge is 2.49. The van der Waals surface area contributed by atoms with Gasteiger partial charge in [-0.15, -0.1) is 0 Å². The molecule has 0 aliphatic carbocycles. The van der Waals surface area contributed by atoms with Crippen molar-refractivity contribution in [2.75, 3.05) is 11.4 Å². The first kappa shape index (κ1) is 21.3. The third-order valence-corrected chi connectivity index (χ3v) is 6.90. The Morgan fingerprint density at radius 1 is 1.11 bits per heavy atom. The van der Waals surface area contributed by atoms with E-state index in [-0.39, 0.29) is 18.0 Å². The number of hydrogen-bond acceptors (Lipinski definition) is 3. The maximum atomic E-state index is 13.1. The second kappa shape index (κ2) is 8.20. The van der Waals surface area contributed by atoms with Crippen molar-refractivity contribution in [2.45, 2.75) is 31.5 Å². The summed E-state index contributed by atoms with van der Waals surface area (Å²) >= 11 is 0. The van der Waals surface area contributed by atoms with Gasteiger partial charge in [0.1, 0.15) is 5.75 Å². The van der Waals surface area contributed by atoms with Gasteiger partial charge in [-0.25, -0.2) is 4.79 Å². The predicted molar refractivity (Wildman–Crippen MR) is 135 cm³/mol. The number of nitrogens with zero attached hydrogens (tertiary/aromatic N) is 1. The molecule has 2 atom stereocenters. The molecule has 7 nitrogen and oxygen atoms in total. The molecule has 35 heavy (non-hydrogen) atoms. The molecule has 2 aliphatic heterocycles. The van der Waals surface area contributed by atoms with Crippen LogP contribution in [0.15, 0.2) is 79.0 Å². The van der Waals surface area contributed by atoms with Crippen molar-refractivity contribution in [3.63, 3.8) is 0 Å². The second-order valence-corrected chi connectivity index (χ2v) is 9.27. The number of nitrogens with one attached hydrogen (secondary N) is 3. The number of carbonyl (C=O) groups excluding carboxylic acids is 2. The van der Waals surface area contributed by atoms with Gasteiger partial charge < -0.3 is 20.4 Å². The molecule has 0 spiro atoms. The van der Waals surface area contributed by atoms with Gasteiger partial charge >= 0.3 is 6.03 Å². The third kappa shape index (κ3) is 3.69. The molecule has 3 heterocycles. The van der Waals surface area contributed by atoms with Crippen molar-refractivity contribution in [1.82, 2.24) is 15.6 Å². The molecular formula is C28H26N4O3. The minimum Gasteiger partial charge on any atom is -0.467 e. The first-order valence-corrected chi connectivity index (χ1v) is 11.8. The molecule has 3 N–H and O–H groups in total. The first-order valence-electron chi connectivity index (χ1n) is 11.8. The number of para-hydroxylation sites is 2. The number of hydrogen-bond donors (Lipinski definition) is 3. The van der Waals surface area contributed by atoms with Crippen molar-refractivity contribution in [2.24, 2.45) is 0 Å². The van der Waals surface area contributed by atoms with E-state index in [4.69, 9.17) is 4.74 Å². The van der Waals surface area contributed by atoms with Crippen LogP contribution in [0.1, 0.15) is 40.9 Å². The number of ether oxygens (including phenoxy) is 1. The number of H-pyrrole nitrogens is 1. The van der Waals surface area contributed by atoms with Crippen LogP contribution in [-0.2, 0) is 6.42 Å². The number of urea groups is 1. The Morgan fingerprint density at radius 2 is 1.94 bits per heavy atom. The molecular weight excluding hydrogens is 440 g/mol. The molecule has 2 aliphatic rings. The Bertz CT molecular complexity index is 1440. The van der Waals surface area contributed by atoms with Crippen molar-refractivity contribution in [3.05, 3.63) is 95.7 Å². The minimum absolute atomic E-state index is 0.107. The molecule has 0 unspecified atom stereocenters. The summed E-state index contributed by atoms with van der Waals surface area (Å²) in [5, 5.41) is 7.27. The van der Waals surface area contributed by atoms with Crippen molar-refractivity contribution < 1.29 is 14.3 Å². The molecule has 1 fully saturated rings. The summed E-state index contributed by atoms with van der Waals surface area (Å²) < 4.78 is 6.33. The summed E-state index contributed by atoms with van der Waals surface area (Å²) in [5.74, 6) is 0.587. The van der Waals surface area contributed by atoms with Crippen molar-refractivity contribution in [3.8, 4) is 5.75 Å². The molecule has 2 bridgehead atoms. The van der Waals surface area contributed by atoms with E-state index in [1.165, 1.54) is 5.39 Å². The number of aromatic amines is 1. The molecule has 1 aromatic heterocycles. The normalized spacial score (nSPS) is 20.7. The molecule has 3 amide bonds. The fourth-order valence-corrected chi connectivity index (χ4v) is 5.25. The topological polar surface area (TPSA) is 86.5 Å². The van der Waals surface area contributed by atoms with Gasteiger partial charge in [0.05, 0.1) is 11.7 Å². The quantitative estimate of drug-likeness (QED) is 0.391. The van der Waals surface area contributed by atoms with Gasteiger partial charge in [0.25, 0.3) is 5.91 Å². The van der Waals surface area contributed by atoms with Crippen LogP contribution < -0.4 is 20.3 Å². The van der Waals surface area contributed by atoms with E-state index >= 15 is 0 Å². The average molecular weight is 467 g/mol. The number of anilines is 1. The van der Waals surface area contributed by atoms with Crippen molar-refractivity contribution >= 4 is 28.5 Å². The van der Waals surface area contributed by atoms with Crippen LogP contribution in [-0.4, -0.2) is 29.2 Å². The first-order chi connectivity index (χ1) is 17.0. The molecule has 0 saturated carbocycles. The Labute approximate surface area is 203 Å². The maximum absolute atomic E-state index is 13.1. The van der Waals surface area contributed by atoms with Crippen LogP contribution in [0.5, 0.6) is 5.75 Å². The molecule has 1 saturated heterocycles. The summed E-state index contributed by atoms with van der Waals surface area (Å²) in [6, 6.07) is 22.7. The zero-order chi connectivity index (χ0) is 24.0. The fraction of sp³-hybridized carbons (Fsp3) is 0.214. The van der Waals surface area contributed by atoms with E-state index in [9.17, 15) is 9.59 Å². The van der Waals surface area contributed by atoms with Crippen LogP contribution in [0.2, 0.25) is 0 Å². The zero-order valence-corrected chi connectivity index (χ0v) is 19.4. The highest BCUT2D eigenvalue weighted by atomic mass is 16.5. The van der Waals surface area contributed by atoms with Gasteiger partial charge in [-0.3, -0.25) is 9.69 Å². The Morgan fingerprint density at radius 3 is 2.86 bits per heavy atom. The monoisotopic (exact) mass is 466 g/mol. The smallest absolute Gasteiger partial charge is 0.325 e. The molecule has 3 aromatic carbocycles. The lowest BCUT2D eigenvalue weighted by atomic mass is 9.90. The SMILES string of the molecule is C[C@@]12C[C@@H](NC(=O)N1c1cccc(C(=O)NCCc3c[nH]c4ccccc34)c1)c1ccccc1O2. The van der Waals surface area contributed by atoms with Gasteiger partial charge in [-0.2, -0.15) is 0 Å². The van der Waals surface area contributed by atoms with Crippen LogP contribution in [0.25, 0.3) is 10.9 Å². The van der Waals surface area contributed by atoms with E-state index in [0.29, 0.717) is 24.2 Å². The fourth-order valence-electron chi connectivity index (χ4n) is 5.25. The number of rotatable bonds is 5. The molecule has 4 aromatic rings. The van der Waals surface area contributed by atoms with Crippen LogP contribution in [0, 0.1) is 0 Å². The highest BCUT2D eigenvalue weighted by molar-refractivity contribution is 5.99.